The molecule has 0 radical (unpaired) electrons. The summed E-state index contributed by atoms with van der Waals surface area (Å²) in [4.78, 5) is 26.1. The van der Waals surface area contributed by atoms with Crippen molar-refractivity contribution in [2.45, 2.75) is 13.3 Å². The van der Waals surface area contributed by atoms with Crippen LogP contribution in [0.1, 0.15) is 23.0 Å². The molecule has 7 nitrogen and oxygen atoms in total. The Morgan fingerprint density at radius 3 is 2.86 bits per heavy atom. The molecule has 0 fully saturated rings. The first-order chi connectivity index (χ1) is 10.0. The standard InChI is InChI=1S/C14H14N4O3/c1-3-9-12(7-17(2)16-9)18-11-6-8(13(19)20)4-5-10(11)15-14(18)21/h4-7H,3H2,1-2H3,(H,15,21)(H,19,20). The van der Waals surface area contributed by atoms with Crippen molar-refractivity contribution < 1.29 is 9.90 Å². The first kappa shape index (κ1) is 13.2. The number of hydrogen-bond donors (Lipinski definition) is 2. The molecule has 0 aliphatic rings. The molecule has 2 heterocycles. The minimum atomic E-state index is -1.03. The fourth-order valence-corrected chi connectivity index (χ4v) is 2.44. The molecular weight excluding hydrogens is 272 g/mol. The van der Waals surface area contributed by atoms with Gasteiger partial charge in [0.25, 0.3) is 0 Å². The van der Waals surface area contributed by atoms with E-state index >= 15 is 0 Å². The minimum absolute atomic E-state index is 0.136. The quantitative estimate of drug-likeness (QED) is 0.759. The highest BCUT2D eigenvalue weighted by Gasteiger charge is 2.16. The number of carboxylic acids is 1. The molecule has 2 aromatic heterocycles. The average molecular weight is 286 g/mol. The monoisotopic (exact) mass is 286 g/mol. The van der Waals surface area contributed by atoms with Crippen LogP contribution in [-0.2, 0) is 13.5 Å². The second kappa shape index (κ2) is 4.62. The summed E-state index contributed by atoms with van der Waals surface area (Å²) >= 11 is 0. The Morgan fingerprint density at radius 1 is 1.43 bits per heavy atom. The van der Waals surface area contributed by atoms with Gasteiger partial charge in [-0.15, -0.1) is 0 Å². The fraction of sp³-hybridized carbons (Fsp3) is 0.214. The van der Waals surface area contributed by atoms with Gasteiger partial charge in [-0.2, -0.15) is 5.10 Å². The second-order valence-corrected chi connectivity index (χ2v) is 4.79. The van der Waals surface area contributed by atoms with Crippen LogP contribution in [0, 0.1) is 0 Å². The average Bonchev–Trinajstić information content (AvgIpc) is 2.96. The van der Waals surface area contributed by atoms with E-state index in [1.54, 1.807) is 24.0 Å². The number of aryl methyl sites for hydroxylation is 2. The van der Waals surface area contributed by atoms with Crippen molar-refractivity contribution >= 4 is 17.0 Å². The van der Waals surface area contributed by atoms with Gasteiger partial charge in [-0.1, -0.05) is 6.92 Å². The Kier molecular flexibility index (Phi) is 2.90. The molecular formula is C14H14N4O3. The lowest BCUT2D eigenvalue weighted by molar-refractivity contribution is 0.0697. The van der Waals surface area contributed by atoms with E-state index in [1.807, 2.05) is 6.92 Å². The number of aromatic amines is 1. The number of H-pyrrole nitrogens is 1. The van der Waals surface area contributed by atoms with Crippen molar-refractivity contribution in [3.63, 3.8) is 0 Å². The highest BCUT2D eigenvalue weighted by Crippen LogP contribution is 2.19. The molecule has 7 heteroatoms. The van der Waals surface area contributed by atoms with Gasteiger partial charge in [-0.05, 0) is 24.6 Å². The normalized spacial score (nSPS) is 11.1. The van der Waals surface area contributed by atoms with Crippen molar-refractivity contribution in [2.75, 3.05) is 0 Å². The summed E-state index contributed by atoms with van der Waals surface area (Å²) in [6.45, 7) is 1.95. The van der Waals surface area contributed by atoms with Crippen LogP contribution >= 0.6 is 0 Å². The van der Waals surface area contributed by atoms with E-state index < -0.39 is 5.97 Å². The fourth-order valence-electron chi connectivity index (χ4n) is 2.44. The van der Waals surface area contributed by atoms with Gasteiger partial charge < -0.3 is 10.1 Å². The van der Waals surface area contributed by atoms with E-state index in [0.29, 0.717) is 23.1 Å². The Balaban J connectivity index is 2.35. The molecule has 0 saturated heterocycles. The van der Waals surface area contributed by atoms with Crippen LogP contribution in [-0.4, -0.2) is 30.4 Å². The lowest BCUT2D eigenvalue weighted by Crippen LogP contribution is -2.15. The van der Waals surface area contributed by atoms with Gasteiger partial charge in [0.15, 0.2) is 0 Å². The third kappa shape index (κ3) is 2.03. The third-order valence-electron chi connectivity index (χ3n) is 3.39. The topological polar surface area (TPSA) is 92.9 Å². The van der Waals surface area contributed by atoms with Crippen molar-refractivity contribution in [2.24, 2.45) is 7.05 Å². The van der Waals surface area contributed by atoms with Crippen molar-refractivity contribution in [1.29, 1.82) is 0 Å². The van der Waals surface area contributed by atoms with Gasteiger partial charge in [-0.3, -0.25) is 9.25 Å². The van der Waals surface area contributed by atoms with Crippen LogP contribution in [0.25, 0.3) is 16.7 Å². The molecule has 0 spiro atoms. The molecule has 0 aliphatic carbocycles. The van der Waals surface area contributed by atoms with Crippen molar-refractivity contribution in [3.8, 4) is 5.69 Å². The molecule has 0 bridgehead atoms. The zero-order valence-corrected chi connectivity index (χ0v) is 11.6. The number of aromatic nitrogens is 4. The first-order valence-electron chi connectivity index (χ1n) is 6.52. The number of benzene rings is 1. The van der Waals surface area contributed by atoms with Gasteiger partial charge in [0.2, 0.25) is 0 Å². The van der Waals surface area contributed by atoms with E-state index in [0.717, 1.165) is 5.69 Å². The van der Waals surface area contributed by atoms with E-state index in [2.05, 4.69) is 10.1 Å². The molecule has 2 N–H and O–H groups in total. The van der Waals surface area contributed by atoms with Crippen LogP contribution in [0.2, 0.25) is 0 Å². The minimum Gasteiger partial charge on any atom is -0.478 e. The molecule has 108 valence electrons. The zero-order valence-electron chi connectivity index (χ0n) is 11.6. The van der Waals surface area contributed by atoms with Crippen LogP contribution < -0.4 is 5.69 Å². The largest absolute Gasteiger partial charge is 0.478 e. The van der Waals surface area contributed by atoms with E-state index in [4.69, 9.17) is 5.11 Å². The number of aromatic carboxylic acids is 1. The lowest BCUT2D eigenvalue weighted by Gasteiger charge is -2.03. The number of rotatable bonds is 3. The van der Waals surface area contributed by atoms with Gasteiger partial charge >= 0.3 is 11.7 Å². The van der Waals surface area contributed by atoms with Gasteiger partial charge in [0, 0.05) is 13.2 Å². The maximum atomic E-state index is 12.2. The highest BCUT2D eigenvalue weighted by atomic mass is 16.4. The van der Waals surface area contributed by atoms with Crippen LogP contribution in [0.3, 0.4) is 0 Å². The molecule has 1 aromatic carbocycles. The summed E-state index contributed by atoms with van der Waals surface area (Å²) in [6, 6.07) is 4.55. The number of fused-ring (bicyclic) bond motifs is 1. The van der Waals surface area contributed by atoms with Gasteiger partial charge in [-0.25, -0.2) is 9.59 Å². The number of imidazole rings is 1. The van der Waals surface area contributed by atoms with Crippen molar-refractivity contribution in [1.82, 2.24) is 19.3 Å². The Hall–Kier alpha value is -2.83. The number of nitrogens with one attached hydrogen (secondary N) is 1. The summed E-state index contributed by atoms with van der Waals surface area (Å²) in [6.07, 6.45) is 2.43. The van der Waals surface area contributed by atoms with Crippen LogP contribution in [0.5, 0.6) is 0 Å². The van der Waals surface area contributed by atoms with Gasteiger partial charge in [0.1, 0.15) is 0 Å². The van der Waals surface area contributed by atoms with E-state index in [9.17, 15) is 9.59 Å². The Bertz CT molecular complexity index is 901. The lowest BCUT2D eigenvalue weighted by atomic mass is 10.2. The molecule has 0 amide bonds. The summed E-state index contributed by atoms with van der Waals surface area (Å²) in [5.41, 5.74) is 2.39. The number of nitrogens with zero attached hydrogens (tertiary/aromatic N) is 3. The Labute approximate surface area is 119 Å². The highest BCUT2D eigenvalue weighted by molar-refractivity contribution is 5.92. The summed E-state index contributed by atoms with van der Waals surface area (Å²) in [7, 11) is 1.78. The second-order valence-electron chi connectivity index (χ2n) is 4.79. The molecule has 0 saturated carbocycles. The maximum Gasteiger partial charge on any atom is 0.335 e. The summed E-state index contributed by atoms with van der Waals surface area (Å²) in [5.74, 6) is -1.03. The van der Waals surface area contributed by atoms with Crippen LogP contribution in [0.4, 0.5) is 0 Å². The SMILES string of the molecule is CCc1nn(C)cc1-n1c(=O)[nH]c2ccc(C(=O)O)cc21. The number of hydrogen-bond acceptors (Lipinski definition) is 3. The molecule has 3 rings (SSSR count). The first-order valence-corrected chi connectivity index (χ1v) is 6.52. The predicted molar refractivity (Wildman–Crippen MR) is 77.0 cm³/mol. The molecule has 21 heavy (non-hydrogen) atoms. The van der Waals surface area contributed by atoms with Crippen molar-refractivity contribution in [3.05, 3.63) is 46.1 Å². The predicted octanol–water partition coefficient (Wildman–Crippen LogP) is 1.31. The molecule has 0 atom stereocenters. The smallest absolute Gasteiger partial charge is 0.335 e. The van der Waals surface area contributed by atoms with Crippen LogP contribution in [0.15, 0.2) is 29.2 Å². The molecule has 3 aromatic rings. The van der Waals surface area contributed by atoms with E-state index in [-0.39, 0.29) is 11.3 Å². The third-order valence-corrected chi connectivity index (χ3v) is 3.39. The number of carbonyl (C=O) groups is 1. The summed E-state index contributed by atoms with van der Waals surface area (Å²) < 4.78 is 3.11. The molecule has 0 aliphatic heterocycles. The van der Waals surface area contributed by atoms with E-state index in [1.165, 1.54) is 16.7 Å². The summed E-state index contributed by atoms with van der Waals surface area (Å²) in [5, 5.41) is 13.4. The maximum absolute atomic E-state index is 12.2. The number of carboxylic acid groups (broad SMARTS) is 1. The molecule has 0 unspecified atom stereocenters. The Morgan fingerprint density at radius 2 is 2.19 bits per heavy atom. The zero-order chi connectivity index (χ0) is 15.1. The van der Waals surface area contributed by atoms with Gasteiger partial charge in [0.05, 0.1) is 28.0 Å².